The molecule has 0 saturated heterocycles. The van der Waals surface area contributed by atoms with Crippen molar-refractivity contribution < 1.29 is 14.8 Å². The lowest BCUT2D eigenvalue weighted by atomic mass is 11.7. The molecule has 0 atom stereocenters. The second-order valence-electron chi connectivity index (χ2n) is 0.765. The summed E-state index contributed by atoms with van der Waals surface area (Å²) in [5.41, 5.74) is 0. The monoisotopic (exact) mass is 109 g/mol. The molecule has 0 aliphatic carbocycles. The first-order valence-corrected chi connectivity index (χ1v) is 3.08. The van der Waals surface area contributed by atoms with Crippen molar-refractivity contribution >= 4 is 7.80 Å². The van der Waals surface area contributed by atoms with Crippen LogP contribution >= 0.6 is 7.80 Å². The van der Waals surface area contributed by atoms with Gasteiger partial charge >= 0.3 is 7.80 Å². The third kappa shape index (κ3) is 2.27. The molecule has 0 unspecified atom stereocenters. The van der Waals surface area contributed by atoms with Crippen molar-refractivity contribution in [2.24, 2.45) is 0 Å². The molecule has 0 fully saturated rings. The summed E-state index contributed by atoms with van der Waals surface area (Å²) in [6, 6.07) is 0. The van der Waals surface area contributed by atoms with Crippen LogP contribution in [0, 0.1) is 0 Å². The van der Waals surface area contributed by atoms with E-state index in [0.717, 1.165) is 0 Å². The SMILES string of the molecule is O=[P+](CO)CO. The lowest BCUT2D eigenvalue weighted by Crippen LogP contribution is -1.75. The first-order chi connectivity index (χ1) is 2.81. The van der Waals surface area contributed by atoms with Crippen molar-refractivity contribution in [3.8, 4) is 0 Å². The van der Waals surface area contributed by atoms with Crippen molar-refractivity contribution in [2.75, 3.05) is 12.7 Å². The van der Waals surface area contributed by atoms with E-state index in [4.69, 9.17) is 10.2 Å². The molecule has 0 aromatic rings. The van der Waals surface area contributed by atoms with Gasteiger partial charge in [0.1, 0.15) is 0 Å². The van der Waals surface area contributed by atoms with Gasteiger partial charge in [0.25, 0.3) is 0 Å². The van der Waals surface area contributed by atoms with E-state index in [1.54, 1.807) is 0 Å². The van der Waals surface area contributed by atoms with Gasteiger partial charge in [0.15, 0.2) is 0 Å². The van der Waals surface area contributed by atoms with E-state index in [2.05, 4.69) is 0 Å². The van der Waals surface area contributed by atoms with Gasteiger partial charge < -0.3 is 10.2 Å². The molecule has 0 spiro atoms. The van der Waals surface area contributed by atoms with Crippen molar-refractivity contribution in [3.63, 3.8) is 0 Å². The molecular formula is C2H6O3P+. The molecule has 0 aromatic carbocycles. The van der Waals surface area contributed by atoms with Crippen LogP contribution in [0.25, 0.3) is 0 Å². The summed E-state index contributed by atoms with van der Waals surface area (Å²) in [5, 5.41) is 15.8. The summed E-state index contributed by atoms with van der Waals surface area (Å²) in [4.78, 5) is 0. The van der Waals surface area contributed by atoms with E-state index >= 15 is 0 Å². The molecule has 0 heterocycles. The predicted molar refractivity (Wildman–Crippen MR) is 21.8 cm³/mol. The lowest BCUT2D eigenvalue weighted by Gasteiger charge is -1.66. The number of aliphatic hydroxyl groups is 2. The summed E-state index contributed by atoms with van der Waals surface area (Å²) in [7, 11) is -1.72. The molecule has 0 aliphatic rings. The molecule has 0 rings (SSSR count). The second-order valence-corrected chi connectivity index (χ2v) is 2.29. The summed E-state index contributed by atoms with van der Waals surface area (Å²) < 4.78 is 9.83. The quantitative estimate of drug-likeness (QED) is 0.479. The van der Waals surface area contributed by atoms with Crippen LogP contribution in [0.5, 0.6) is 0 Å². The maximum atomic E-state index is 9.83. The second kappa shape index (κ2) is 3.22. The molecule has 0 radical (unpaired) electrons. The Balaban J connectivity index is 2.99. The van der Waals surface area contributed by atoms with Gasteiger partial charge in [-0.05, 0) is 0 Å². The lowest BCUT2D eigenvalue weighted by molar-refractivity contribution is 0.332. The van der Waals surface area contributed by atoms with E-state index in [0.29, 0.717) is 0 Å². The van der Waals surface area contributed by atoms with Gasteiger partial charge in [0, 0.05) is 0 Å². The fourth-order valence-electron chi connectivity index (χ4n) is 0.0447. The molecule has 0 aliphatic heterocycles. The summed E-state index contributed by atoms with van der Waals surface area (Å²) >= 11 is 0. The van der Waals surface area contributed by atoms with E-state index in [1.165, 1.54) is 0 Å². The highest BCUT2D eigenvalue weighted by atomic mass is 31.1. The summed E-state index contributed by atoms with van der Waals surface area (Å²) in [6.45, 7) is 0. The smallest absolute Gasteiger partial charge is 0.353 e. The van der Waals surface area contributed by atoms with Crippen LogP contribution in [0.2, 0.25) is 0 Å². The van der Waals surface area contributed by atoms with Crippen LogP contribution < -0.4 is 0 Å². The topological polar surface area (TPSA) is 57.5 Å². The van der Waals surface area contributed by atoms with E-state index in [1.807, 2.05) is 0 Å². The minimum atomic E-state index is -1.72. The van der Waals surface area contributed by atoms with E-state index in [9.17, 15) is 4.57 Å². The maximum Gasteiger partial charge on any atom is 0.394 e. The van der Waals surface area contributed by atoms with Crippen molar-refractivity contribution in [1.29, 1.82) is 0 Å². The van der Waals surface area contributed by atoms with Crippen molar-refractivity contribution in [3.05, 3.63) is 0 Å². The zero-order chi connectivity index (χ0) is 4.99. The van der Waals surface area contributed by atoms with Crippen LogP contribution in [-0.4, -0.2) is 22.9 Å². The Bertz CT molecular complexity index is 46.8. The summed E-state index contributed by atoms with van der Waals surface area (Å²) in [5.74, 6) is 0. The Labute approximate surface area is 36.4 Å². The van der Waals surface area contributed by atoms with Crippen LogP contribution in [0.4, 0.5) is 0 Å². The third-order valence-electron chi connectivity index (χ3n) is 0.315. The van der Waals surface area contributed by atoms with Crippen LogP contribution in [0.3, 0.4) is 0 Å². The predicted octanol–water partition coefficient (Wildman–Crippen LogP) is -0.287. The average molecular weight is 109 g/mol. The molecular weight excluding hydrogens is 103 g/mol. The van der Waals surface area contributed by atoms with Gasteiger partial charge in [-0.25, -0.2) is 0 Å². The Morgan fingerprint density at radius 3 is 1.67 bits per heavy atom. The maximum absolute atomic E-state index is 9.83. The van der Waals surface area contributed by atoms with Gasteiger partial charge in [-0.15, -0.1) is 0 Å². The van der Waals surface area contributed by atoms with Gasteiger partial charge in [0.2, 0.25) is 12.7 Å². The summed E-state index contributed by atoms with van der Waals surface area (Å²) in [6.07, 6.45) is -0.822. The highest BCUT2D eigenvalue weighted by Gasteiger charge is 2.06. The number of rotatable bonds is 2. The molecule has 3 nitrogen and oxygen atoms in total. The van der Waals surface area contributed by atoms with Gasteiger partial charge in [-0.3, -0.25) is 0 Å². The zero-order valence-electron chi connectivity index (χ0n) is 3.16. The Morgan fingerprint density at radius 2 is 1.67 bits per heavy atom. The fourth-order valence-corrected chi connectivity index (χ4v) is 0.134. The number of hydrogen-bond acceptors (Lipinski definition) is 3. The van der Waals surface area contributed by atoms with Gasteiger partial charge in [-0.1, -0.05) is 4.57 Å². The van der Waals surface area contributed by atoms with Crippen molar-refractivity contribution in [1.82, 2.24) is 0 Å². The van der Waals surface area contributed by atoms with Crippen LogP contribution in [-0.2, 0) is 4.57 Å². The van der Waals surface area contributed by atoms with E-state index < -0.39 is 20.5 Å². The molecule has 0 aromatic heterocycles. The molecule has 2 N–H and O–H groups in total. The van der Waals surface area contributed by atoms with Gasteiger partial charge in [0.05, 0.1) is 0 Å². The van der Waals surface area contributed by atoms with Gasteiger partial charge in [-0.2, -0.15) is 0 Å². The molecule has 0 amide bonds. The average Bonchev–Trinajstić information content (AvgIpc) is 1.65. The van der Waals surface area contributed by atoms with E-state index in [-0.39, 0.29) is 0 Å². The normalized spacial score (nSPS) is 8.33. The third-order valence-corrected chi connectivity index (χ3v) is 0.946. The molecule has 36 valence electrons. The minimum Gasteiger partial charge on any atom is -0.353 e. The Kier molecular flexibility index (Phi) is 3.23. The fraction of sp³-hybridized carbons (Fsp3) is 1.00. The van der Waals surface area contributed by atoms with Crippen molar-refractivity contribution in [2.45, 2.75) is 0 Å². The number of aliphatic hydroxyl groups excluding tert-OH is 2. The molecule has 0 bridgehead atoms. The Hall–Kier alpha value is 0.0200. The highest BCUT2D eigenvalue weighted by molar-refractivity contribution is 7.44. The molecule has 6 heavy (non-hydrogen) atoms. The first-order valence-electron chi connectivity index (χ1n) is 1.45. The first kappa shape index (κ1) is 6.02. The van der Waals surface area contributed by atoms with Crippen LogP contribution in [0.15, 0.2) is 0 Å². The largest absolute Gasteiger partial charge is 0.394 e. The standard InChI is InChI=1S/C2H6O3P/c3-1-6(5)2-4/h3-4H,1-2H2/q+1. The Morgan fingerprint density at radius 1 is 1.33 bits per heavy atom. The molecule has 0 saturated carbocycles. The molecule has 4 heteroatoms. The number of hydrogen-bond donors (Lipinski definition) is 2. The zero-order valence-corrected chi connectivity index (χ0v) is 4.06. The highest BCUT2D eigenvalue weighted by Crippen LogP contribution is 2.13. The van der Waals surface area contributed by atoms with Crippen LogP contribution in [0.1, 0.15) is 0 Å². The minimum absolute atomic E-state index is 0.411.